The minimum Gasteiger partial charge on any atom is -0.508 e. The fourth-order valence-corrected chi connectivity index (χ4v) is 9.00. The van der Waals surface area contributed by atoms with Crippen LogP contribution in [0.1, 0.15) is 35.4 Å². The Morgan fingerprint density at radius 1 is 0.755 bits per heavy atom. The van der Waals surface area contributed by atoms with Crippen LogP contribution < -0.4 is 10.4 Å². The minimum atomic E-state index is -1.78. The summed E-state index contributed by atoms with van der Waals surface area (Å²) in [5.74, 6) is -4.72. The van der Waals surface area contributed by atoms with E-state index in [1.165, 1.54) is 18.2 Å². The number of hydrogen-bond donors (Lipinski definition) is 3. The highest BCUT2D eigenvalue weighted by Crippen LogP contribution is 2.63. The van der Waals surface area contributed by atoms with E-state index >= 15 is 0 Å². The Hall–Kier alpha value is -5.38. The van der Waals surface area contributed by atoms with E-state index in [2.05, 4.69) is 0 Å². The lowest BCUT2D eigenvalue weighted by atomic mass is 9.44. The van der Waals surface area contributed by atoms with Gasteiger partial charge in [0, 0.05) is 17.4 Å². The standard InChI is InChI=1S/C40H32BNO7/c43-28-16-14-24(15-17-28)36-29-18-19-30-35(39(47)42(38(30)46)27-13-7-12-26(20-27)41(48)49)32(29)21-33-37(45)31(23-8-3-1-4-9-23)22-34(44)40(33,36)25-10-5-2-6-11-25/h1-18,20,22,30,32-33,35-36,43,48-49H,19,21H2. The maximum atomic E-state index is 15.0. The van der Waals surface area contributed by atoms with Crippen molar-refractivity contribution in [1.29, 1.82) is 0 Å². The zero-order valence-electron chi connectivity index (χ0n) is 26.3. The molecule has 4 aromatic rings. The molecule has 0 aromatic heterocycles. The van der Waals surface area contributed by atoms with Crippen molar-refractivity contribution < 1.29 is 34.3 Å². The highest BCUT2D eigenvalue weighted by molar-refractivity contribution is 6.58. The molecule has 0 bridgehead atoms. The lowest BCUT2D eigenvalue weighted by molar-refractivity contribution is -0.135. The van der Waals surface area contributed by atoms with Crippen molar-refractivity contribution in [1.82, 2.24) is 0 Å². The Morgan fingerprint density at radius 3 is 2.14 bits per heavy atom. The SMILES string of the molecule is O=C1C(c2ccccc2)=CC(=O)C2(c3ccccc3)C1CC1C(=CCC3C(=O)N(c4cccc(B(O)O)c4)C(=O)C31)C2c1ccc(O)cc1. The molecule has 2 fully saturated rings. The molecule has 0 radical (unpaired) electrons. The average molecular weight is 650 g/mol. The molecule has 0 spiro atoms. The van der Waals surface area contributed by atoms with Gasteiger partial charge in [-0.05, 0) is 71.3 Å². The van der Waals surface area contributed by atoms with Gasteiger partial charge in [-0.3, -0.25) is 24.1 Å². The van der Waals surface area contributed by atoms with Crippen LogP contribution in [0.4, 0.5) is 5.69 Å². The number of phenolic OH excluding ortho intramolecular Hbond substituents is 1. The molecule has 8 nitrogen and oxygen atoms in total. The predicted molar refractivity (Wildman–Crippen MR) is 183 cm³/mol. The van der Waals surface area contributed by atoms with E-state index < -0.39 is 48.0 Å². The van der Waals surface area contributed by atoms with Crippen LogP contribution in [0.2, 0.25) is 0 Å². The van der Waals surface area contributed by atoms with Crippen LogP contribution in [-0.2, 0) is 24.6 Å². The number of hydrogen-bond acceptors (Lipinski definition) is 7. The van der Waals surface area contributed by atoms with Crippen LogP contribution >= 0.6 is 0 Å². The molecule has 4 aliphatic rings. The molecule has 242 valence electrons. The van der Waals surface area contributed by atoms with Gasteiger partial charge in [0.15, 0.2) is 11.6 Å². The van der Waals surface area contributed by atoms with Gasteiger partial charge in [0.1, 0.15) is 5.75 Å². The van der Waals surface area contributed by atoms with Gasteiger partial charge >= 0.3 is 7.12 Å². The molecule has 6 atom stereocenters. The first-order valence-corrected chi connectivity index (χ1v) is 16.5. The molecule has 9 heteroatoms. The van der Waals surface area contributed by atoms with Crippen molar-refractivity contribution in [2.24, 2.45) is 23.7 Å². The van der Waals surface area contributed by atoms with E-state index in [0.29, 0.717) is 16.7 Å². The zero-order valence-corrected chi connectivity index (χ0v) is 26.3. The smallest absolute Gasteiger partial charge is 0.488 e. The fourth-order valence-electron chi connectivity index (χ4n) is 9.00. The summed E-state index contributed by atoms with van der Waals surface area (Å²) in [6.07, 6.45) is 3.90. The quantitative estimate of drug-likeness (QED) is 0.169. The Bertz CT molecular complexity index is 2070. The first kappa shape index (κ1) is 30.9. The number of allylic oxidation sites excluding steroid dienone is 4. The third-order valence-corrected chi connectivity index (χ3v) is 11.0. The number of rotatable bonds is 5. The lowest BCUT2D eigenvalue weighted by Gasteiger charge is -2.55. The van der Waals surface area contributed by atoms with E-state index in [0.717, 1.165) is 16.0 Å². The molecule has 1 saturated carbocycles. The summed E-state index contributed by atoms with van der Waals surface area (Å²) in [4.78, 5) is 59.5. The van der Waals surface area contributed by atoms with Gasteiger partial charge in [-0.2, -0.15) is 0 Å². The van der Waals surface area contributed by atoms with Crippen LogP contribution in [0.5, 0.6) is 5.75 Å². The minimum absolute atomic E-state index is 0.0545. The second kappa shape index (κ2) is 11.6. The highest BCUT2D eigenvalue weighted by Gasteiger charge is 2.66. The lowest BCUT2D eigenvalue weighted by Crippen LogP contribution is -2.58. The summed E-state index contributed by atoms with van der Waals surface area (Å²) in [6.45, 7) is 0. The molecule has 2 amide bonds. The molecule has 1 aliphatic heterocycles. The van der Waals surface area contributed by atoms with Gasteiger partial charge in [-0.25, -0.2) is 0 Å². The van der Waals surface area contributed by atoms with Crippen LogP contribution in [0.15, 0.2) is 127 Å². The molecule has 1 heterocycles. The summed E-state index contributed by atoms with van der Waals surface area (Å²) in [5.41, 5.74) is 2.24. The molecule has 6 unspecified atom stereocenters. The summed E-state index contributed by atoms with van der Waals surface area (Å²) in [5, 5.41) is 29.9. The maximum Gasteiger partial charge on any atom is 0.488 e. The number of imide groups is 1. The second-order valence-electron chi connectivity index (χ2n) is 13.4. The predicted octanol–water partition coefficient (Wildman–Crippen LogP) is 4.10. The van der Waals surface area contributed by atoms with E-state index in [4.69, 9.17) is 0 Å². The number of Topliss-reactive ketones (excluding diaryl/α,β-unsaturated/α-hetero) is 1. The number of fused-ring (bicyclic) bond motifs is 4. The fraction of sp³-hybridized carbons (Fsp3) is 0.200. The zero-order chi connectivity index (χ0) is 34.0. The van der Waals surface area contributed by atoms with Crippen molar-refractivity contribution in [3.63, 3.8) is 0 Å². The Balaban J connectivity index is 1.33. The molecule has 49 heavy (non-hydrogen) atoms. The molecule has 8 rings (SSSR count). The van der Waals surface area contributed by atoms with Gasteiger partial charge in [0.05, 0.1) is 22.9 Å². The van der Waals surface area contributed by atoms with Gasteiger partial charge in [-0.15, -0.1) is 0 Å². The van der Waals surface area contributed by atoms with E-state index in [-0.39, 0.29) is 47.2 Å². The highest BCUT2D eigenvalue weighted by atomic mass is 16.4. The number of benzene rings is 4. The van der Waals surface area contributed by atoms with Crippen molar-refractivity contribution in [3.8, 4) is 5.75 Å². The molecule has 4 aromatic carbocycles. The number of amides is 2. The number of phenols is 1. The molecular formula is C40H32BNO7. The second-order valence-corrected chi connectivity index (χ2v) is 13.4. The van der Waals surface area contributed by atoms with Crippen molar-refractivity contribution >= 4 is 47.2 Å². The third-order valence-electron chi connectivity index (χ3n) is 11.0. The largest absolute Gasteiger partial charge is 0.508 e. The Kier molecular flexibility index (Phi) is 7.35. The van der Waals surface area contributed by atoms with E-state index in [1.807, 2.05) is 66.7 Å². The van der Waals surface area contributed by atoms with E-state index in [1.54, 1.807) is 36.4 Å². The van der Waals surface area contributed by atoms with Crippen LogP contribution in [-0.4, -0.2) is 45.7 Å². The monoisotopic (exact) mass is 649 g/mol. The first-order valence-electron chi connectivity index (χ1n) is 16.5. The number of anilines is 1. The van der Waals surface area contributed by atoms with Gasteiger partial charge in [-0.1, -0.05) is 96.6 Å². The van der Waals surface area contributed by atoms with Crippen LogP contribution in [0, 0.1) is 23.7 Å². The first-order chi connectivity index (χ1) is 23.7. The van der Waals surface area contributed by atoms with Crippen molar-refractivity contribution in [2.45, 2.75) is 24.2 Å². The normalized spacial score (nSPS) is 27.6. The average Bonchev–Trinajstić information content (AvgIpc) is 3.39. The molecule has 3 N–H and O–H groups in total. The number of nitrogens with zero attached hydrogens (tertiary/aromatic N) is 1. The topological polar surface area (TPSA) is 132 Å². The Morgan fingerprint density at radius 2 is 1.45 bits per heavy atom. The number of carbonyl (C=O) groups is 4. The van der Waals surface area contributed by atoms with Gasteiger partial charge in [0.25, 0.3) is 0 Å². The van der Waals surface area contributed by atoms with Crippen molar-refractivity contribution in [2.75, 3.05) is 4.90 Å². The Labute approximate surface area is 283 Å². The van der Waals surface area contributed by atoms with Crippen LogP contribution in [0.3, 0.4) is 0 Å². The summed E-state index contributed by atoms with van der Waals surface area (Å²) < 4.78 is 0. The number of aromatic hydroxyl groups is 1. The number of carbonyl (C=O) groups excluding carboxylic acids is 4. The van der Waals surface area contributed by atoms with Gasteiger partial charge < -0.3 is 15.2 Å². The summed E-state index contributed by atoms with van der Waals surface area (Å²) in [6, 6.07) is 31.2. The third kappa shape index (κ3) is 4.60. The summed E-state index contributed by atoms with van der Waals surface area (Å²) in [7, 11) is -1.78. The summed E-state index contributed by atoms with van der Waals surface area (Å²) >= 11 is 0. The van der Waals surface area contributed by atoms with Crippen LogP contribution in [0.25, 0.3) is 5.57 Å². The number of ketones is 2. The van der Waals surface area contributed by atoms with Gasteiger partial charge in [0.2, 0.25) is 11.8 Å². The molecule has 1 saturated heterocycles. The van der Waals surface area contributed by atoms with Crippen molar-refractivity contribution in [3.05, 3.63) is 144 Å². The maximum absolute atomic E-state index is 15.0. The van der Waals surface area contributed by atoms with E-state index in [9.17, 15) is 34.3 Å². The molecular weight excluding hydrogens is 617 g/mol. The molecule has 3 aliphatic carbocycles.